The number of thioether (sulfide) groups is 1. The van der Waals surface area contributed by atoms with Gasteiger partial charge in [-0.25, -0.2) is 0 Å². The highest BCUT2D eigenvalue weighted by Gasteiger charge is 2.33. The van der Waals surface area contributed by atoms with Crippen molar-refractivity contribution >= 4 is 28.4 Å². The molecule has 1 aliphatic rings. The van der Waals surface area contributed by atoms with Crippen LogP contribution in [0.4, 0.5) is 18.9 Å². The van der Waals surface area contributed by atoms with Crippen molar-refractivity contribution in [3.05, 3.63) is 65.5 Å². The molecule has 0 aliphatic carbocycles. The molecule has 135 valence electrons. The van der Waals surface area contributed by atoms with E-state index in [-0.39, 0.29) is 12.1 Å². The maximum atomic E-state index is 12.9. The lowest BCUT2D eigenvalue weighted by Crippen LogP contribution is -2.41. The summed E-state index contributed by atoms with van der Waals surface area (Å²) in [6, 6.07) is 11.8. The quantitative estimate of drug-likeness (QED) is 0.647. The van der Waals surface area contributed by atoms with Gasteiger partial charge in [-0.3, -0.25) is 5.10 Å². The maximum Gasteiger partial charge on any atom is 0.416 e. The van der Waals surface area contributed by atoms with Crippen LogP contribution in [0.2, 0.25) is 0 Å². The molecule has 1 aromatic heterocycles. The number of nitrogens with one attached hydrogen (secondary N) is 1. The fourth-order valence-electron chi connectivity index (χ4n) is 3.37. The zero-order chi connectivity index (χ0) is 18.3. The summed E-state index contributed by atoms with van der Waals surface area (Å²) >= 11 is 1.71. The van der Waals surface area contributed by atoms with Gasteiger partial charge in [0.1, 0.15) is 0 Å². The molecule has 0 spiro atoms. The van der Waals surface area contributed by atoms with E-state index in [1.807, 2.05) is 18.2 Å². The Morgan fingerprint density at radius 1 is 1.15 bits per heavy atom. The molecule has 0 amide bonds. The van der Waals surface area contributed by atoms with Gasteiger partial charge < -0.3 is 4.90 Å². The summed E-state index contributed by atoms with van der Waals surface area (Å²) in [7, 11) is 0. The molecular formula is C19H17F3N3S. The third kappa shape index (κ3) is 3.16. The molecule has 0 saturated carbocycles. The van der Waals surface area contributed by atoms with E-state index in [2.05, 4.69) is 27.8 Å². The standard InChI is InChI=1S/C19H17F3N3S/c1-12-10-26-11-18(13-2-5-15(6-3-13)19(20,21)22)25(12)16-7-4-14-9-23-24-17(14)8-16/h2-10,12,18H,11H2,1H3,(H,23,24). The third-order valence-corrected chi connectivity index (χ3v) is 5.76. The molecule has 3 nitrogen and oxygen atoms in total. The summed E-state index contributed by atoms with van der Waals surface area (Å²) in [5.41, 5.74) is 2.24. The number of aromatic amines is 1. The van der Waals surface area contributed by atoms with Crippen molar-refractivity contribution in [1.29, 1.82) is 0 Å². The van der Waals surface area contributed by atoms with Crippen LogP contribution in [-0.4, -0.2) is 22.0 Å². The average Bonchev–Trinajstić information content (AvgIpc) is 3.08. The Kier molecular flexibility index (Phi) is 4.34. The first kappa shape index (κ1) is 17.3. The Balaban J connectivity index is 1.70. The Labute approximate surface area is 153 Å². The van der Waals surface area contributed by atoms with Crippen LogP contribution in [-0.2, 0) is 6.18 Å². The summed E-state index contributed by atoms with van der Waals surface area (Å²) in [6.45, 7) is 2.10. The fraction of sp³-hybridized carbons (Fsp3) is 0.263. The van der Waals surface area contributed by atoms with E-state index in [1.54, 1.807) is 30.1 Å². The van der Waals surface area contributed by atoms with Gasteiger partial charge in [0.25, 0.3) is 0 Å². The van der Waals surface area contributed by atoms with E-state index >= 15 is 0 Å². The van der Waals surface area contributed by atoms with E-state index in [0.29, 0.717) is 0 Å². The first-order valence-electron chi connectivity index (χ1n) is 8.27. The fourth-order valence-corrected chi connectivity index (χ4v) is 4.42. The van der Waals surface area contributed by atoms with Crippen LogP contribution in [0.3, 0.4) is 0 Å². The smallest absolute Gasteiger partial charge is 0.360 e. The average molecular weight is 376 g/mol. The minimum atomic E-state index is -4.31. The second kappa shape index (κ2) is 6.54. The summed E-state index contributed by atoms with van der Waals surface area (Å²) in [5.74, 6) is 2.95. The highest BCUT2D eigenvalue weighted by Crippen LogP contribution is 2.40. The van der Waals surface area contributed by atoms with Gasteiger partial charge in [0.15, 0.2) is 0 Å². The minimum Gasteiger partial charge on any atom is -0.360 e. The Bertz CT molecular complexity index is 904. The summed E-state index contributed by atoms with van der Waals surface area (Å²) in [6.07, 6.45) is -2.54. The number of halogens is 3. The number of rotatable bonds is 2. The predicted molar refractivity (Wildman–Crippen MR) is 99.0 cm³/mol. The summed E-state index contributed by atoms with van der Waals surface area (Å²) in [5, 5.41) is 8.06. The van der Waals surface area contributed by atoms with Crippen LogP contribution in [0.5, 0.6) is 0 Å². The van der Waals surface area contributed by atoms with E-state index in [1.165, 1.54) is 12.1 Å². The van der Waals surface area contributed by atoms with Crippen LogP contribution in [0.15, 0.2) is 48.7 Å². The molecule has 26 heavy (non-hydrogen) atoms. The van der Waals surface area contributed by atoms with Gasteiger partial charge >= 0.3 is 6.18 Å². The number of fused-ring (bicyclic) bond motifs is 1. The molecule has 1 aliphatic heterocycles. The number of H-pyrrole nitrogens is 1. The Morgan fingerprint density at radius 2 is 1.92 bits per heavy atom. The summed E-state index contributed by atoms with van der Waals surface area (Å²) < 4.78 is 38.6. The molecule has 7 heteroatoms. The monoisotopic (exact) mass is 376 g/mol. The normalized spacial score (nSPS) is 21.3. The summed E-state index contributed by atoms with van der Waals surface area (Å²) in [4.78, 5) is 2.25. The number of anilines is 1. The van der Waals surface area contributed by atoms with Crippen molar-refractivity contribution < 1.29 is 13.2 Å². The highest BCUT2D eigenvalue weighted by molar-refractivity contribution is 8.01. The Hall–Kier alpha value is -2.15. The van der Waals surface area contributed by atoms with Crippen molar-refractivity contribution in [1.82, 2.24) is 10.2 Å². The van der Waals surface area contributed by atoms with E-state index in [0.717, 1.165) is 27.9 Å². The molecule has 2 atom stereocenters. The van der Waals surface area contributed by atoms with Gasteiger partial charge in [0.05, 0.1) is 23.3 Å². The second-order valence-electron chi connectivity index (χ2n) is 6.39. The van der Waals surface area contributed by atoms with Crippen molar-refractivity contribution in [2.24, 2.45) is 0 Å². The van der Waals surface area contributed by atoms with Crippen molar-refractivity contribution in [3.8, 4) is 0 Å². The molecule has 2 heterocycles. The van der Waals surface area contributed by atoms with Gasteiger partial charge in [-0.05, 0) is 42.8 Å². The lowest BCUT2D eigenvalue weighted by molar-refractivity contribution is -0.137. The molecule has 0 bridgehead atoms. The molecule has 1 radical (unpaired) electrons. The van der Waals surface area contributed by atoms with Crippen molar-refractivity contribution in [3.63, 3.8) is 0 Å². The first-order valence-corrected chi connectivity index (χ1v) is 9.32. The molecule has 1 N–H and O–H groups in total. The SMILES string of the molecule is CC1[CH]SCC(c2ccc(C(F)(F)F)cc2)N1c1ccc2cn[nH]c2c1. The lowest BCUT2D eigenvalue weighted by Gasteiger charge is -2.42. The van der Waals surface area contributed by atoms with Crippen LogP contribution < -0.4 is 4.90 Å². The van der Waals surface area contributed by atoms with Crippen molar-refractivity contribution in [2.45, 2.75) is 25.2 Å². The largest absolute Gasteiger partial charge is 0.416 e. The van der Waals surface area contributed by atoms with Gasteiger partial charge in [-0.1, -0.05) is 12.1 Å². The van der Waals surface area contributed by atoms with Gasteiger partial charge in [0.2, 0.25) is 0 Å². The van der Waals surface area contributed by atoms with Crippen LogP contribution in [0.1, 0.15) is 24.1 Å². The minimum absolute atomic E-state index is 0.00246. The highest BCUT2D eigenvalue weighted by atomic mass is 32.2. The molecule has 1 saturated heterocycles. The van der Waals surface area contributed by atoms with Crippen molar-refractivity contribution in [2.75, 3.05) is 10.7 Å². The van der Waals surface area contributed by atoms with Gasteiger partial charge in [0, 0.05) is 28.6 Å². The Morgan fingerprint density at radius 3 is 2.65 bits per heavy atom. The van der Waals surface area contributed by atoms with Crippen LogP contribution >= 0.6 is 11.8 Å². The van der Waals surface area contributed by atoms with Crippen LogP contribution in [0.25, 0.3) is 10.9 Å². The molecular weight excluding hydrogens is 359 g/mol. The van der Waals surface area contributed by atoms with Gasteiger partial charge in [-0.15, -0.1) is 0 Å². The maximum absolute atomic E-state index is 12.9. The molecule has 2 unspecified atom stereocenters. The topological polar surface area (TPSA) is 31.9 Å². The lowest BCUT2D eigenvalue weighted by atomic mass is 10.0. The number of hydrogen-bond acceptors (Lipinski definition) is 3. The zero-order valence-corrected chi connectivity index (χ0v) is 14.8. The van der Waals surface area contributed by atoms with E-state index in [4.69, 9.17) is 0 Å². The van der Waals surface area contributed by atoms with E-state index < -0.39 is 11.7 Å². The predicted octanol–water partition coefficient (Wildman–Crippen LogP) is 5.43. The number of benzene rings is 2. The van der Waals surface area contributed by atoms with E-state index in [9.17, 15) is 13.2 Å². The molecule has 3 aromatic rings. The van der Waals surface area contributed by atoms with Crippen LogP contribution in [0, 0.1) is 5.75 Å². The number of alkyl halides is 3. The number of hydrogen-bond donors (Lipinski definition) is 1. The van der Waals surface area contributed by atoms with Gasteiger partial charge in [-0.2, -0.15) is 30.0 Å². The molecule has 1 fully saturated rings. The molecule has 4 rings (SSSR count). The first-order chi connectivity index (χ1) is 12.4. The molecule has 2 aromatic carbocycles. The number of nitrogens with zero attached hydrogens (tertiary/aromatic N) is 2. The third-order valence-electron chi connectivity index (χ3n) is 4.67. The second-order valence-corrected chi connectivity index (χ2v) is 7.33. The number of aromatic nitrogens is 2. The zero-order valence-electron chi connectivity index (χ0n) is 14.0.